The number of alkyl halides is 5. The van der Waals surface area contributed by atoms with Gasteiger partial charge in [0.2, 0.25) is 0 Å². The fraction of sp³-hybridized carbons (Fsp3) is 0.905. The van der Waals surface area contributed by atoms with Crippen LogP contribution in [-0.2, 0) is 0 Å². The van der Waals surface area contributed by atoms with E-state index < -0.39 is 24.4 Å². The first-order valence-electron chi connectivity index (χ1n) is 10.3. The van der Waals surface area contributed by atoms with Crippen LogP contribution in [0.15, 0.2) is 11.6 Å². The van der Waals surface area contributed by atoms with Gasteiger partial charge in [0.25, 0.3) is 0 Å². The van der Waals surface area contributed by atoms with Crippen molar-refractivity contribution in [2.45, 2.75) is 89.7 Å². The summed E-state index contributed by atoms with van der Waals surface area (Å²) in [6.07, 6.45) is 1.94. The summed E-state index contributed by atoms with van der Waals surface area (Å²) in [5.74, 6) is -0.512. The molecule has 0 aromatic carbocycles. The van der Waals surface area contributed by atoms with Gasteiger partial charge in [0.15, 0.2) is 0 Å². The molecule has 0 N–H and O–H groups in total. The molecule has 0 aromatic heterocycles. The lowest BCUT2D eigenvalue weighted by Crippen LogP contribution is -2.44. The summed E-state index contributed by atoms with van der Waals surface area (Å²) in [5.41, 5.74) is 1.00. The van der Waals surface area contributed by atoms with Crippen molar-refractivity contribution in [1.82, 2.24) is 0 Å². The monoisotopic (exact) mass is 378 g/mol. The minimum Gasteiger partial charge on any atom is -0.247 e. The third-order valence-corrected chi connectivity index (χ3v) is 7.06. The van der Waals surface area contributed by atoms with Crippen LogP contribution >= 0.6 is 0 Å². The SMILES string of the molecule is CC1CCC(CC2CC=C(C3CC(F)C(C(F)(F)F)C(F)C3)CC2)CC1. The van der Waals surface area contributed by atoms with E-state index in [-0.39, 0.29) is 18.8 Å². The highest BCUT2D eigenvalue weighted by molar-refractivity contribution is 5.13. The minimum absolute atomic E-state index is 0.179. The fourth-order valence-corrected chi connectivity index (χ4v) is 5.40. The second kappa shape index (κ2) is 8.18. The predicted molar refractivity (Wildman–Crippen MR) is 93.2 cm³/mol. The van der Waals surface area contributed by atoms with E-state index in [4.69, 9.17) is 0 Å². The third-order valence-electron chi connectivity index (χ3n) is 7.06. The van der Waals surface area contributed by atoms with Gasteiger partial charge >= 0.3 is 6.18 Å². The normalized spacial score (nSPS) is 42.4. The molecule has 0 amide bonds. The largest absolute Gasteiger partial charge is 0.397 e. The summed E-state index contributed by atoms with van der Waals surface area (Å²) in [5, 5.41) is 0. The summed E-state index contributed by atoms with van der Waals surface area (Å²) >= 11 is 0. The summed E-state index contributed by atoms with van der Waals surface area (Å²) in [6, 6.07) is 0. The van der Waals surface area contributed by atoms with Crippen LogP contribution in [0.5, 0.6) is 0 Å². The molecule has 0 spiro atoms. The topological polar surface area (TPSA) is 0 Å². The quantitative estimate of drug-likeness (QED) is 0.360. The zero-order valence-electron chi connectivity index (χ0n) is 15.6. The maximum atomic E-state index is 14.0. The molecule has 2 fully saturated rings. The van der Waals surface area contributed by atoms with Crippen molar-refractivity contribution >= 4 is 0 Å². The highest BCUT2D eigenvalue weighted by Crippen LogP contribution is 2.47. The Hall–Kier alpha value is -0.610. The first-order chi connectivity index (χ1) is 12.2. The molecule has 3 aliphatic carbocycles. The van der Waals surface area contributed by atoms with Gasteiger partial charge in [0, 0.05) is 0 Å². The maximum Gasteiger partial charge on any atom is 0.397 e. The average molecular weight is 378 g/mol. The Kier molecular flexibility index (Phi) is 6.33. The van der Waals surface area contributed by atoms with E-state index in [0.29, 0.717) is 5.92 Å². The van der Waals surface area contributed by atoms with Crippen molar-refractivity contribution in [1.29, 1.82) is 0 Å². The number of allylic oxidation sites excluding steroid dienone is 2. The van der Waals surface area contributed by atoms with Gasteiger partial charge in [-0.15, -0.1) is 0 Å². The van der Waals surface area contributed by atoms with Crippen molar-refractivity contribution in [2.75, 3.05) is 0 Å². The number of halogens is 5. The second-order valence-corrected chi connectivity index (χ2v) is 9.05. The van der Waals surface area contributed by atoms with Gasteiger partial charge in [-0.1, -0.05) is 44.3 Å². The van der Waals surface area contributed by atoms with E-state index in [1.807, 2.05) is 0 Å². The zero-order chi connectivity index (χ0) is 18.9. The molecule has 5 heteroatoms. The van der Waals surface area contributed by atoms with Crippen LogP contribution in [0.25, 0.3) is 0 Å². The Morgan fingerprint density at radius 2 is 1.54 bits per heavy atom. The maximum absolute atomic E-state index is 14.0. The van der Waals surface area contributed by atoms with Gasteiger partial charge in [-0.25, -0.2) is 8.78 Å². The van der Waals surface area contributed by atoms with Gasteiger partial charge in [-0.3, -0.25) is 0 Å². The molecule has 3 unspecified atom stereocenters. The van der Waals surface area contributed by atoms with Crippen molar-refractivity contribution in [3.8, 4) is 0 Å². The Balaban J connectivity index is 1.51. The second-order valence-electron chi connectivity index (χ2n) is 9.05. The van der Waals surface area contributed by atoms with E-state index in [2.05, 4.69) is 13.0 Å². The van der Waals surface area contributed by atoms with E-state index in [1.165, 1.54) is 32.1 Å². The molecule has 0 aliphatic heterocycles. The lowest BCUT2D eigenvalue weighted by Gasteiger charge is -2.38. The molecule has 3 rings (SSSR count). The van der Waals surface area contributed by atoms with Crippen LogP contribution in [0, 0.1) is 29.6 Å². The van der Waals surface area contributed by atoms with E-state index in [9.17, 15) is 22.0 Å². The van der Waals surface area contributed by atoms with E-state index in [0.717, 1.165) is 36.7 Å². The molecule has 150 valence electrons. The summed E-state index contributed by atoms with van der Waals surface area (Å²) in [4.78, 5) is 0. The molecule has 0 aromatic rings. The van der Waals surface area contributed by atoms with Gasteiger partial charge in [0.1, 0.15) is 18.3 Å². The lowest BCUT2D eigenvalue weighted by molar-refractivity contribution is -0.217. The molecule has 2 saturated carbocycles. The molecule has 26 heavy (non-hydrogen) atoms. The third kappa shape index (κ3) is 4.81. The van der Waals surface area contributed by atoms with E-state index >= 15 is 0 Å². The van der Waals surface area contributed by atoms with Crippen LogP contribution in [0.4, 0.5) is 22.0 Å². The van der Waals surface area contributed by atoms with Crippen LogP contribution < -0.4 is 0 Å². The first-order valence-corrected chi connectivity index (χ1v) is 10.3. The molecule has 0 nitrogen and oxygen atoms in total. The highest BCUT2D eigenvalue weighted by atomic mass is 19.4. The molecule has 0 bridgehead atoms. The number of hydrogen-bond acceptors (Lipinski definition) is 0. The molecular formula is C21H31F5. The molecule has 3 atom stereocenters. The van der Waals surface area contributed by atoms with Crippen molar-refractivity contribution in [2.24, 2.45) is 29.6 Å². The molecule has 0 heterocycles. The number of rotatable bonds is 3. The first kappa shape index (κ1) is 20.1. The Morgan fingerprint density at radius 3 is 2.04 bits per heavy atom. The van der Waals surface area contributed by atoms with Crippen molar-refractivity contribution < 1.29 is 22.0 Å². The molecule has 3 aliphatic rings. The molecule has 0 saturated heterocycles. The standard InChI is InChI=1S/C21H31F5/c1-13-2-4-14(5-3-13)10-15-6-8-16(9-7-15)17-11-18(22)20(19(23)12-17)21(24,25)26/h8,13-15,17-20H,2-7,9-12H2,1H3. The number of hydrogen-bond donors (Lipinski definition) is 0. The smallest absolute Gasteiger partial charge is 0.247 e. The van der Waals surface area contributed by atoms with Gasteiger partial charge < -0.3 is 0 Å². The van der Waals surface area contributed by atoms with Crippen LogP contribution in [-0.4, -0.2) is 18.5 Å². The molecular weight excluding hydrogens is 347 g/mol. The Morgan fingerprint density at radius 1 is 0.923 bits per heavy atom. The highest BCUT2D eigenvalue weighted by Gasteiger charge is 2.54. The summed E-state index contributed by atoms with van der Waals surface area (Å²) in [6.45, 7) is 2.32. The fourth-order valence-electron chi connectivity index (χ4n) is 5.40. The lowest BCUT2D eigenvalue weighted by atomic mass is 9.71. The minimum atomic E-state index is -4.78. The van der Waals surface area contributed by atoms with Crippen molar-refractivity contribution in [3.63, 3.8) is 0 Å². The van der Waals surface area contributed by atoms with Crippen LogP contribution in [0.2, 0.25) is 0 Å². The summed E-state index contributed by atoms with van der Waals surface area (Å²) in [7, 11) is 0. The predicted octanol–water partition coefficient (Wildman–Crippen LogP) is 7.19. The Bertz CT molecular complexity index is 477. The zero-order valence-corrected chi connectivity index (χ0v) is 15.6. The van der Waals surface area contributed by atoms with E-state index in [1.54, 1.807) is 0 Å². The molecule has 0 radical (unpaired) electrons. The average Bonchev–Trinajstić information content (AvgIpc) is 2.55. The Labute approximate surface area is 153 Å². The van der Waals surface area contributed by atoms with Gasteiger partial charge in [-0.05, 0) is 62.2 Å². The van der Waals surface area contributed by atoms with Gasteiger partial charge in [-0.2, -0.15) is 13.2 Å². The van der Waals surface area contributed by atoms with Crippen LogP contribution in [0.1, 0.15) is 71.1 Å². The van der Waals surface area contributed by atoms with Crippen LogP contribution in [0.3, 0.4) is 0 Å². The van der Waals surface area contributed by atoms with Gasteiger partial charge in [0.05, 0.1) is 0 Å². The summed E-state index contributed by atoms with van der Waals surface area (Å²) < 4.78 is 66.5. The van der Waals surface area contributed by atoms with Crippen molar-refractivity contribution in [3.05, 3.63) is 11.6 Å².